The molecule has 1 saturated heterocycles. The van der Waals surface area contributed by atoms with Crippen molar-refractivity contribution in [2.24, 2.45) is 15.7 Å². The van der Waals surface area contributed by atoms with Crippen molar-refractivity contribution in [3.8, 4) is 6.19 Å². The summed E-state index contributed by atoms with van der Waals surface area (Å²) in [7, 11) is 0. The Morgan fingerprint density at radius 2 is 2.32 bits per heavy atom. The molecule has 1 atom stereocenters. The predicted octanol–water partition coefficient (Wildman–Crippen LogP) is 1.90. The summed E-state index contributed by atoms with van der Waals surface area (Å²) in [5.74, 6) is -0.219. The number of nitriles is 1. The van der Waals surface area contributed by atoms with Crippen LogP contribution in [0.5, 0.6) is 0 Å². The molecule has 1 aliphatic rings. The van der Waals surface area contributed by atoms with Crippen LogP contribution in [0, 0.1) is 17.3 Å². The van der Waals surface area contributed by atoms with Crippen molar-refractivity contribution in [2.75, 3.05) is 19.6 Å². The third-order valence-corrected chi connectivity index (χ3v) is 5.21. The minimum atomic E-state index is -0.554. The van der Waals surface area contributed by atoms with Crippen molar-refractivity contribution in [3.63, 3.8) is 0 Å². The van der Waals surface area contributed by atoms with Crippen molar-refractivity contribution < 1.29 is 9.02 Å². The normalized spacial score (nSPS) is 17.5. The smallest absolute Gasteiger partial charge is 0.205 e. The van der Waals surface area contributed by atoms with E-state index in [1.165, 1.54) is 18.2 Å². The molecule has 1 aliphatic heterocycles. The molecular formula is C19H23ClFN9O. The first-order valence-electron chi connectivity index (χ1n) is 9.80. The number of likely N-dealkylation sites (N-methyl/N-ethyl adjacent to an activating group) is 1. The van der Waals surface area contributed by atoms with Gasteiger partial charge >= 0.3 is 0 Å². The van der Waals surface area contributed by atoms with Crippen LogP contribution >= 0.6 is 11.6 Å². The average molecular weight is 448 g/mol. The topological polar surface area (TPSA) is 141 Å². The predicted molar refractivity (Wildman–Crippen MR) is 114 cm³/mol. The molecule has 2 aromatic rings. The maximum absolute atomic E-state index is 13.3. The van der Waals surface area contributed by atoms with Crippen LogP contribution in [-0.4, -0.2) is 52.7 Å². The SMILES string of the molecule is CCN1CCCC1CNC(=NCc1nonc1C(N)=Nc1ccc(F)c(Cl)c1)NC#N. The van der Waals surface area contributed by atoms with Crippen LogP contribution in [0.2, 0.25) is 5.02 Å². The Hall–Kier alpha value is -3.23. The molecule has 0 radical (unpaired) electrons. The summed E-state index contributed by atoms with van der Waals surface area (Å²) in [5, 5.41) is 22.3. The molecule has 1 unspecified atom stereocenters. The third kappa shape index (κ3) is 5.90. The Kier molecular flexibility index (Phi) is 7.75. The largest absolute Gasteiger partial charge is 0.382 e. The molecule has 0 aliphatic carbocycles. The van der Waals surface area contributed by atoms with Gasteiger partial charge in [-0.1, -0.05) is 23.7 Å². The summed E-state index contributed by atoms with van der Waals surface area (Å²) in [5.41, 5.74) is 6.90. The van der Waals surface area contributed by atoms with Gasteiger partial charge in [0.1, 0.15) is 11.5 Å². The van der Waals surface area contributed by atoms with Gasteiger partial charge in [0.25, 0.3) is 0 Å². The third-order valence-electron chi connectivity index (χ3n) is 4.92. The summed E-state index contributed by atoms with van der Waals surface area (Å²) in [6, 6.07) is 4.36. The number of halogens is 2. The highest BCUT2D eigenvalue weighted by molar-refractivity contribution is 6.31. The second kappa shape index (κ2) is 10.7. The lowest BCUT2D eigenvalue weighted by Gasteiger charge is -2.23. The number of hydrogen-bond acceptors (Lipinski definition) is 7. The highest BCUT2D eigenvalue weighted by Gasteiger charge is 2.23. The fourth-order valence-corrected chi connectivity index (χ4v) is 3.53. The number of aliphatic imine (C=N–C) groups is 2. The number of nitrogens with two attached hydrogens (primary N) is 1. The molecule has 0 spiro atoms. The number of nitrogens with one attached hydrogen (secondary N) is 2. The van der Waals surface area contributed by atoms with E-state index in [2.05, 4.69) is 42.8 Å². The van der Waals surface area contributed by atoms with Crippen molar-refractivity contribution >= 4 is 29.1 Å². The van der Waals surface area contributed by atoms with Gasteiger partial charge in [0, 0.05) is 12.6 Å². The zero-order valence-electron chi connectivity index (χ0n) is 17.0. The summed E-state index contributed by atoms with van der Waals surface area (Å²) in [6.45, 7) is 4.91. The van der Waals surface area contributed by atoms with Gasteiger partial charge in [-0.05, 0) is 49.3 Å². The Morgan fingerprint density at radius 3 is 3.06 bits per heavy atom. The lowest BCUT2D eigenvalue weighted by Crippen LogP contribution is -2.43. The molecule has 164 valence electrons. The standard InChI is InChI=1S/C19H23ClFN9O/c1-2-30-7-3-4-13(30)9-24-19(26-11-22)25-10-16-17(29-31-28-16)18(23)27-12-5-6-15(21)14(20)8-12/h5-6,8,13H,2-4,7,9-10H2,1H3,(H2,23,27)(H2,24,25,26). The van der Waals surface area contributed by atoms with E-state index in [0.717, 1.165) is 25.9 Å². The van der Waals surface area contributed by atoms with Crippen LogP contribution in [-0.2, 0) is 6.54 Å². The molecule has 10 nitrogen and oxygen atoms in total. The number of aromatic nitrogens is 2. The monoisotopic (exact) mass is 447 g/mol. The minimum Gasteiger partial charge on any atom is -0.382 e. The molecule has 0 saturated carbocycles. The van der Waals surface area contributed by atoms with Crippen LogP contribution < -0.4 is 16.4 Å². The van der Waals surface area contributed by atoms with E-state index in [1.54, 1.807) is 0 Å². The quantitative estimate of drug-likeness (QED) is 0.253. The van der Waals surface area contributed by atoms with E-state index < -0.39 is 5.82 Å². The van der Waals surface area contributed by atoms with E-state index in [0.29, 0.717) is 29.9 Å². The van der Waals surface area contributed by atoms with Crippen molar-refractivity contribution in [1.29, 1.82) is 5.26 Å². The maximum Gasteiger partial charge on any atom is 0.205 e. The van der Waals surface area contributed by atoms with Crippen molar-refractivity contribution in [2.45, 2.75) is 32.4 Å². The average Bonchev–Trinajstić information content (AvgIpc) is 3.41. The van der Waals surface area contributed by atoms with Gasteiger partial charge < -0.3 is 11.1 Å². The summed E-state index contributed by atoms with van der Waals surface area (Å²) < 4.78 is 18.1. The van der Waals surface area contributed by atoms with E-state index in [1.807, 2.05) is 6.19 Å². The second-order valence-corrected chi connectivity index (χ2v) is 7.27. The fraction of sp³-hybridized carbons (Fsp3) is 0.421. The van der Waals surface area contributed by atoms with E-state index in [9.17, 15) is 4.39 Å². The van der Waals surface area contributed by atoms with Crippen LogP contribution in [0.25, 0.3) is 0 Å². The highest BCUT2D eigenvalue weighted by Crippen LogP contribution is 2.22. The first-order valence-corrected chi connectivity index (χ1v) is 10.2. The highest BCUT2D eigenvalue weighted by atomic mass is 35.5. The van der Waals surface area contributed by atoms with E-state index in [-0.39, 0.29) is 23.1 Å². The van der Waals surface area contributed by atoms with Crippen LogP contribution in [0.4, 0.5) is 10.1 Å². The Balaban J connectivity index is 1.69. The number of guanidine groups is 1. The van der Waals surface area contributed by atoms with Gasteiger partial charge in [-0.2, -0.15) is 5.26 Å². The number of hydrogen-bond donors (Lipinski definition) is 3. The van der Waals surface area contributed by atoms with Crippen molar-refractivity contribution in [1.82, 2.24) is 25.8 Å². The van der Waals surface area contributed by atoms with E-state index >= 15 is 0 Å². The minimum absolute atomic E-state index is 0.0152. The van der Waals surface area contributed by atoms with Gasteiger partial charge in [0.2, 0.25) is 5.96 Å². The molecule has 0 amide bonds. The lowest BCUT2D eigenvalue weighted by atomic mass is 10.2. The Morgan fingerprint density at radius 1 is 1.48 bits per heavy atom. The van der Waals surface area contributed by atoms with Gasteiger partial charge in [-0.3, -0.25) is 10.2 Å². The summed E-state index contributed by atoms with van der Waals surface area (Å²) >= 11 is 5.77. The van der Waals surface area contributed by atoms with Gasteiger partial charge in [0.15, 0.2) is 17.7 Å². The first-order chi connectivity index (χ1) is 15.0. The second-order valence-electron chi connectivity index (χ2n) is 6.86. The van der Waals surface area contributed by atoms with Gasteiger partial charge in [-0.15, -0.1) is 0 Å². The Bertz CT molecular complexity index is 1000. The van der Waals surface area contributed by atoms with Crippen LogP contribution in [0.1, 0.15) is 31.2 Å². The molecule has 3 rings (SSSR count). The zero-order chi connectivity index (χ0) is 22.2. The van der Waals surface area contributed by atoms with Crippen molar-refractivity contribution in [3.05, 3.63) is 40.4 Å². The van der Waals surface area contributed by atoms with E-state index in [4.69, 9.17) is 27.2 Å². The Labute approximate surface area is 183 Å². The molecular weight excluding hydrogens is 425 g/mol. The van der Waals surface area contributed by atoms with Gasteiger partial charge in [0.05, 0.1) is 17.3 Å². The molecule has 31 heavy (non-hydrogen) atoms. The molecule has 2 heterocycles. The fourth-order valence-electron chi connectivity index (χ4n) is 3.36. The first kappa shape index (κ1) is 22.5. The van der Waals surface area contributed by atoms with Gasteiger partial charge in [-0.25, -0.2) is 19.0 Å². The molecule has 4 N–H and O–H groups in total. The number of amidine groups is 1. The molecule has 12 heteroatoms. The molecule has 1 aromatic heterocycles. The number of nitrogens with zero attached hydrogens (tertiary/aromatic N) is 6. The maximum atomic E-state index is 13.3. The zero-order valence-corrected chi connectivity index (χ0v) is 17.7. The van der Waals surface area contributed by atoms with Crippen LogP contribution in [0.3, 0.4) is 0 Å². The molecule has 1 aromatic carbocycles. The number of benzene rings is 1. The number of rotatable bonds is 7. The lowest BCUT2D eigenvalue weighted by molar-refractivity contribution is 0.267. The molecule has 1 fully saturated rings. The number of likely N-dealkylation sites (tertiary alicyclic amines) is 1. The summed E-state index contributed by atoms with van der Waals surface area (Å²) in [6.07, 6.45) is 4.12. The summed E-state index contributed by atoms with van der Waals surface area (Å²) in [4.78, 5) is 10.9. The van der Waals surface area contributed by atoms with Crippen LogP contribution in [0.15, 0.2) is 32.8 Å². The molecule has 0 bridgehead atoms.